The zero-order valence-electron chi connectivity index (χ0n) is 11.7. The van der Waals surface area contributed by atoms with Crippen molar-refractivity contribution in [3.63, 3.8) is 0 Å². The Morgan fingerprint density at radius 3 is 2.48 bits per heavy atom. The van der Waals surface area contributed by atoms with Gasteiger partial charge in [-0.25, -0.2) is 4.68 Å². The van der Waals surface area contributed by atoms with Crippen LogP contribution >= 0.6 is 11.6 Å². The molecule has 0 aliphatic carbocycles. The molecule has 0 aliphatic heterocycles. The van der Waals surface area contributed by atoms with Crippen LogP contribution in [0.3, 0.4) is 0 Å². The first kappa shape index (κ1) is 14.9. The quantitative estimate of drug-likeness (QED) is 0.413. The lowest BCUT2D eigenvalue weighted by molar-refractivity contribution is -0.384. The minimum atomic E-state index is -0.495. The highest BCUT2D eigenvalue weighted by Crippen LogP contribution is 2.31. The van der Waals surface area contributed by atoms with E-state index in [0.717, 1.165) is 0 Å². The molecule has 6 nitrogen and oxygen atoms in total. The maximum Gasteiger partial charge on any atom is 0.278 e. The van der Waals surface area contributed by atoms with Crippen molar-refractivity contribution in [3.05, 3.63) is 75.4 Å². The standard InChI is InChI=1S/C16H10ClN3O3/c17-12-5-7-13(8-6-12)19-9-11(10-21)16(18-19)14-3-1-2-4-15(14)20(22)23/h1-10H. The second-order valence-corrected chi connectivity index (χ2v) is 5.18. The van der Waals surface area contributed by atoms with E-state index in [9.17, 15) is 14.9 Å². The van der Waals surface area contributed by atoms with Crippen molar-refractivity contribution in [3.8, 4) is 16.9 Å². The van der Waals surface area contributed by atoms with Gasteiger partial charge in [0.2, 0.25) is 0 Å². The Labute approximate surface area is 136 Å². The number of rotatable bonds is 4. The summed E-state index contributed by atoms with van der Waals surface area (Å²) in [6, 6.07) is 13.1. The third kappa shape index (κ3) is 2.84. The predicted octanol–water partition coefficient (Wildman–Crippen LogP) is 3.91. The van der Waals surface area contributed by atoms with Gasteiger partial charge >= 0.3 is 0 Å². The Bertz CT molecular complexity index is 888. The molecule has 0 saturated heterocycles. The lowest BCUT2D eigenvalue weighted by Gasteiger charge is -2.02. The summed E-state index contributed by atoms with van der Waals surface area (Å²) >= 11 is 5.85. The van der Waals surface area contributed by atoms with Crippen molar-refractivity contribution in [2.75, 3.05) is 0 Å². The van der Waals surface area contributed by atoms with Crippen molar-refractivity contribution in [1.29, 1.82) is 0 Å². The molecule has 0 amide bonds. The summed E-state index contributed by atoms with van der Waals surface area (Å²) in [4.78, 5) is 22.0. The van der Waals surface area contributed by atoms with Crippen LogP contribution in [0.15, 0.2) is 54.7 Å². The van der Waals surface area contributed by atoms with E-state index in [1.807, 2.05) is 0 Å². The van der Waals surface area contributed by atoms with Crippen LogP contribution in [0.2, 0.25) is 5.02 Å². The molecule has 0 radical (unpaired) electrons. The average molecular weight is 328 g/mol. The van der Waals surface area contributed by atoms with E-state index in [4.69, 9.17) is 11.6 Å². The highest BCUT2D eigenvalue weighted by atomic mass is 35.5. The van der Waals surface area contributed by atoms with Crippen LogP contribution in [0.1, 0.15) is 10.4 Å². The average Bonchev–Trinajstić information content (AvgIpc) is 2.99. The Morgan fingerprint density at radius 1 is 1.13 bits per heavy atom. The molecule has 0 aliphatic rings. The number of carbonyl (C=O) groups excluding carboxylic acids is 1. The number of hydrogen-bond donors (Lipinski definition) is 0. The summed E-state index contributed by atoms with van der Waals surface area (Å²) in [5.74, 6) is 0. The molecule has 0 fully saturated rings. The summed E-state index contributed by atoms with van der Waals surface area (Å²) in [5, 5.41) is 16.1. The number of aromatic nitrogens is 2. The number of nitro groups is 1. The van der Waals surface area contributed by atoms with Gasteiger partial charge in [0.05, 0.1) is 21.7 Å². The minimum Gasteiger partial charge on any atom is -0.298 e. The normalized spacial score (nSPS) is 10.5. The van der Waals surface area contributed by atoms with Crippen LogP contribution in [0.25, 0.3) is 16.9 Å². The van der Waals surface area contributed by atoms with Crippen LogP contribution in [0, 0.1) is 10.1 Å². The van der Waals surface area contributed by atoms with E-state index < -0.39 is 4.92 Å². The maximum atomic E-state index is 11.3. The molecule has 3 rings (SSSR count). The maximum absolute atomic E-state index is 11.3. The first-order chi connectivity index (χ1) is 11.1. The molecule has 0 N–H and O–H groups in total. The van der Waals surface area contributed by atoms with Crippen LogP contribution < -0.4 is 0 Å². The van der Waals surface area contributed by atoms with Crippen LogP contribution in [-0.4, -0.2) is 21.0 Å². The first-order valence-corrected chi connectivity index (χ1v) is 7.02. The summed E-state index contributed by atoms with van der Waals surface area (Å²) in [5.41, 5.74) is 1.43. The molecule has 7 heteroatoms. The van der Waals surface area contributed by atoms with E-state index >= 15 is 0 Å². The minimum absolute atomic E-state index is 0.100. The molecular formula is C16H10ClN3O3. The zero-order valence-corrected chi connectivity index (χ0v) is 12.5. The number of nitrogens with zero attached hydrogens (tertiary/aromatic N) is 3. The number of hydrogen-bond acceptors (Lipinski definition) is 4. The Hall–Kier alpha value is -2.99. The third-order valence-corrected chi connectivity index (χ3v) is 3.57. The molecule has 0 spiro atoms. The van der Waals surface area contributed by atoms with Crippen molar-refractivity contribution in [2.24, 2.45) is 0 Å². The smallest absolute Gasteiger partial charge is 0.278 e. The number of halogens is 1. The van der Waals surface area contributed by atoms with Crippen molar-refractivity contribution in [2.45, 2.75) is 0 Å². The largest absolute Gasteiger partial charge is 0.298 e. The van der Waals surface area contributed by atoms with Crippen LogP contribution in [0.4, 0.5) is 5.69 Å². The molecule has 0 unspecified atom stereocenters. The number of nitro benzene ring substituents is 1. The lowest BCUT2D eigenvalue weighted by Crippen LogP contribution is -1.96. The van der Waals surface area contributed by atoms with Crippen molar-refractivity contribution in [1.82, 2.24) is 9.78 Å². The zero-order chi connectivity index (χ0) is 16.4. The second kappa shape index (κ2) is 6.02. The van der Waals surface area contributed by atoms with Gasteiger partial charge in [-0.15, -0.1) is 0 Å². The van der Waals surface area contributed by atoms with Gasteiger partial charge in [0, 0.05) is 17.3 Å². The van der Waals surface area contributed by atoms with Gasteiger partial charge in [-0.2, -0.15) is 5.10 Å². The molecule has 114 valence electrons. The Balaban J connectivity index is 2.16. The van der Waals surface area contributed by atoms with Gasteiger partial charge in [-0.3, -0.25) is 14.9 Å². The van der Waals surface area contributed by atoms with Gasteiger partial charge in [0.25, 0.3) is 5.69 Å². The Kier molecular flexibility index (Phi) is 3.91. The molecule has 0 bridgehead atoms. The number of aldehydes is 1. The monoisotopic (exact) mass is 327 g/mol. The predicted molar refractivity (Wildman–Crippen MR) is 86.1 cm³/mol. The molecule has 23 heavy (non-hydrogen) atoms. The molecule has 1 aromatic heterocycles. The number of benzene rings is 2. The number of carbonyl (C=O) groups is 1. The SMILES string of the molecule is O=Cc1cn(-c2ccc(Cl)cc2)nc1-c1ccccc1[N+](=O)[O-]. The van der Waals surface area contributed by atoms with E-state index in [0.29, 0.717) is 22.6 Å². The topological polar surface area (TPSA) is 78.0 Å². The highest BCUT2D eigenvalue weighted by molar-refractivity contribution is 6.30. The van der Waals surface area contributed by atoms with Gasteiger partial charge in [-0.1, -0.05) is 23.7 Å². The van der Waals surface area contributed by atoms with Crippen molar-refractivity contribution < 1.29 is 9.72 Å². The first-order valence-electron chi connectivity index (χ1n) is 6.64. The fraction of sp³-hybridized carbons (Fsp3) is 0. The summed E-state index contributed by atoms with van der Waals surface area (Å²) < 4.78 is 1.49. The van der Waals surface area contributed by atoms with E-state index in [1.54, 1.807) is 42.5 Å². The van der Waals surface area contributed by atoms with Gasteiger partial charge < -0.3 is 0 Å². The van der Waals surface area contributed by atoms with Gasteiger partial charge in [0.15, 0.2) is 6.29 Å². The summed E-state index contributed by atoms with van der Waals surface area (Å²) in [6.07, 6.45) is 2.16. The molecule has 1 heterocycles. The Morgan fingerprint density at radius 2 is 1.83 bits per heavy atom. The van der Waals surface area contributed by atoms with Crippen LogP contribution in [-0.2, 0) is 0 Å². The fourth-order valence-corrected chi connectivity index (χ4v) is 2.37. The number of para-hydroxylation sites is 1. The van der Waals surface area contributed by atoms with E-state index in [1.165, 1.54) is 16.9 Å². The highest BCUT2D eigenvalue weighted by Gasteiger charge is 2.20. The fourth-order valence-electron chi connectivity index (χ4n) is 2.24. The molecule has 0 saturated carbocycles. The summed E-state index contributed by atoms with van der Waals surface area (Å²) in [6.45, 7) is 0. The summed E-state index contributed by atoms with van der Waals surface area (Å²) in [7, 11) is 0. The lowest BCUT2D eigenvalue weighted by atomic mass is 10.1. The van der Waals surface area contributed by atoms with E-state index in [2.05, 4.69) is 5.10 Å². The molecular weight excluding hydrogens is 318 g/mol. The molecule has 0 atom stereocenters. The van der Waals surface area contributed by atoms with Gasteiger partial charge in [-0.05, 0) is 30.3 Å². The van der Waals surface area contributed by atoms with Gasteiger partial charge in [0.1, 0.15) is 5.69 Å². The van der Waals surface area contributed by atoms with E-state index in [-0.39, 0.29) is 16.9 Å². The molecule has 3 aromatic rings. The third-order valence-electron chi connectivity index (χ3n) is 3.32. The van der Waals surface area contributed by atoms with Crippen molar-refractivity contribution >= 4 is 23.6 Å². The second-order valence-electron chi connectivity index (χ2n) is 4.75. The molecule has 2 aromatic carbocycles. The van der Waals surface area contributed by atoms with Crippen LogP contribution in [0.5, 0.6) is 0 Å².